The molecule has 31 heavy (non-hydrogen) atoms. The fourth-order valence-corrected chi connectivity index (χ4v) is 2.84. The summed E-state index contributed by atoms with van der Waals surface area (Å²) in [7, 11) is 5.52. The number of likely N-dealkylation sites (N-methyl/N-ethyl adjacent to an activating group) is 1. The highest BCUT2D eigenvalue weighted by molar-refractivity contribution is 6.04. The molecule has 1 amide bonds. The van der Waals surface area contributed by atoms with Gasteiger partial charge in [0.25, 0.3) is 5.91 Å². The molecular weight excluding hydrogens is 392 g/mol. The number of nitrogens with zero attached hydrogens (tertiary/aromatic N) is 1. The van der Waals surface area contributed by atoms with Crippen molar-refractivity contribution in [3.8, 4) is 17.2 Å². The topological polar surface area (TPSA) is 60.0 Å². The maximum atomic E-state index is 12.6. The lowest BCUT2D eigenvalue weighted by Crippen LogP contribution is -2.19. The molecule has 0 bridgehead atoms. The van der Waals surface area contributed by atoms with Crippen LogP contribution in [0.15, 0.2) is 72.8 Å². The van der Waals surface area contributed by atoms with E-state index in [0.29, 0.717) is 36.0 Å². The van der Waals surface area contributed by atoms with Crippen LogP contribution in [0, 0.1) is 0 Å². The molecule has 0 aromatic heterocycles. The summed E-state index contributed by atoms with van der Waals surface area (Å²) in [6.07, 6.45) is 0. The Labute approximate surface area is 183 Å². The summed E-state index contributed by atoms with van der Waals surface area (Å²) in [5.41, 5.74) is 2.27. The van der Waals surface area contributed by atoms with Gasteiger partial charge >= 0.3 is 0 Å². The van der Waals surface area contributed by atoms with Crippen molar-refractivity contribution in [1.82, 2.24) is 4.90 Å². The highest BCUT2D eigenvalue weighted by Gasteiger charge is 2.12. The smallest absolute Gasteiger partial charge is 0.255 e. The van der Waals surface area contributed by atoms with Crippen LogP contribution in [0.5, 0.6) is 17.2 Å². The maximum absolute atomic E-state index is 12.6. The molecule has 0 aliphatic carbocycles. The number of anilines is 1. The fraction of sp³-hybridized carbons (Fsp3) is 0.240. The Morgan fingerprint density at radius 3 is 2.32 bits per heavy atom. The summed E-state index contributed by atoms with van der Waals surface area (Å²) in [6, 6.07) is 22.4. The average molecular weight is 421 g/mol. The summed E-state index contributed by atoms with van der Waals surface area (Å²) in [4.78, 5) is 14.7. The van der Waals surface area contributed by atoms with E-state index in [4.69, 9.17) is 14.2 Å². The molecule has 0 fully saturated rings. The van der Waals surface area contributed by atoms with Gasteiger partial charge in [-0.1, -0.05) is 30.3 Å². The van der Waals surface area contributed by atoms with E-state index in [0.717, 1.165) is 17.9 Å². The Balaban J connectivity index is 1.57. The molecule has 6 heteroatoms. The minimum atomic E-state index is -0.226. The first-order valence-corrected chi connectivity index (χ1v) is 10.1. The average Bonchev–Trinajstić information content (AvgIpc) is 2.79. The first-order valence-electron chi connectivity index (χ1n) is 10.1. The molecular formula is C25H28N2O4. The van der Waals surface area contributed by atoms with Gasteiger partial charge in [0, 0.05) is 17.8 Å². The van der Waals surface area contributed by atoms with Crippen LogP contribution in [0.2, 0.25) is 0 Å². The van der Waals surface area contributed by atoms with Crippen molar-refractivity contribution >= 4 is 11.6 Å². The van der Waals surface area contributed by atoms with Crippen LogP contribution in [0.4, 0.5) is 5.69 Å². The predicted octanol–water partition coefficient (Wildman–Crippen LogP) is 4.47. The number of carbonyl (C=O) groups is 1. The van der Waals surface area contributed by atoms with Crippen LogP contribution in [0.25, 0.3) is 0 Å². The van der Waals surface area contributed by atoms with Crippen molar-refractivity contribution < 1.29 is 19.0 Å². The van der Waals surface area contributed by atoms with Crippen LogP contribution < -0.4 is 19.5 Å². The molecule has 0 spiro atoms. The van der Waals surface area contributed by atoms with Crippen molar-refractivity contribution in [2.24, 2.45) is 0 Å². The van der Waals surface area contributed by atoms with Gasteiger partial charge in [0.05, 0.1) is 7.11 Å². The molecule has 0 aliphatic rings. The third kappa shape index (κ3) is 6.76. The Morgan fingerprint density at radius 1 is 0.903 bits per heavy atom. The van der Waals surface area contributed by atoms with Gasteiger partial charge in [-0.2, -0.15) is 0 Å². The van der Waals surface area contributed by atoms with Crippen LogP contribution in [-0.4, -0.2) is 45.2 Å². The molecule has 3 rings (SSSR count). The molecule has 0 heterocycles. The Bertz CT molecular complexity index is 973. The second kappa shape index (κ2) is 11.0. The van der Waals surface area contributed by atoms with E-state index in [1.165, 1.54) is 0 Å². The van der Waals surface area contributed by atoms with Crippen LogP contribution in [0.3, 0.4) is 0 Å². The summed E-state index contributed by atoms with van der Waals surface area (Å²) in [5, 5.41) is 2.89. The monoisotopic (exact) mass is 420 g/mol. The van der Waals surface area contributed by atoms with Crippen molar-refractivity contribution in [2.75, 3.05) is 39.7 Å². The number of carbonyl (C=O) groups excluding carboxylic acids is 1. The minimum Gasteiger partial charge on any atom is -0.493 e. The second-order valence-electron chi connectivity index (χ2n) is 7.27. The van der Waals surface area contributed by atoms with Crippen LogP contribution in [0.1, 0.15) is 15.9 Å². The SMILES string of the molecule is COc1cc(C(=O)Nc2ccc(OCc3ccccc3)cc2)ccc1OCCN(C)C. The number of benzene rings is 3. The first kappa shape index (κ1) is 22.2. The molecule has 0 unspecified atom stereocenters. The van der Waals surface area contributed by atoms with Gasteiger partial charge in [-0.3, -0.25) is 4.79 Å². The number of ether oxygens (including phenoxy) is 3. The minimum absolute atomic E-state index is 0.226. The molecule has 3 aromatic rings. The highest BCUT2D eigenvalue weighted by Crippen LogP contribution is 2.28. The number of rotatable bonds is 10. The fourth-order valence-electron chi connectivity index (χ4n) is 2.84. The largest absolute Gasteiger partial charge is 0.493 e. The highest BCUT2D eigenvalue weighted by atomic mass is 16.5. The Kier molecular flexibility index (Phi) is 7.90. The molecule has 0 atom stereocenters. The van der Waals surface area contributed by atoms with Crippen molar-refractivity contribution in [3.63, 3.8) is 0 Å². The van der Waals surface area contributed by atoms with Crippen molar-refractivity contribution in [3.05, 3.63) is 83.9 Å². The molecule has 0 saturated heterocycles. The van der Waals surface area contributed by atoms with E-state index >= 15 is 0 Å². The zero-order valence-corrected chi connectivity index (χ0v) is 18.1. The zero-order chi connectivity index (χ0) is 22.1. The number of hydrogen-bond acceptors (Lipinski definition) is 5. The lowest BCUT2D eigenvalue weighted by molar-refractivity contribution is 0.102. The normalized spacial score (nSPS) is 10.6. The molecule has 0 saturated carbocycles. The van der Waals surface area contributed by atoms with E-state index in [-0.39, 0.29) is 5.91 Å². The molecule has 1 N–H and O–H groups in total. The first-order chi connectivity index (χ1) is 15.0. The van der Waals surface area contributed by atoms with Crippen LogP contribution >= 0.6 is 0 Å². The van der Waals surface area contributed by atoms with E-state index in [1.54, 1.807) is 25.3 Å². The van der Waals surface area contributed by atoms with Crippen molar-refractivity contribution in [1.29, 1.82) is 0 Å². The van der Waals surface area contributed by atoms with E-state index < -0.39 is 0 Å². The van der Waals surface area contributed by atoms with E-state index in [2.05, 4.69) is 5.32 Å². The number of nitrogens with one attached hydrogen (secondary N) is 1. The maximum Gasteiger partial charge on any atom is 0.255 e. The number of methoxy groups -OCH3 is 1. The molecule has 162 valence electrons. The van der Waals surface area contributed by atoms with Gasteiger partial charge in [0.15, 0.2) is 11.5 Å². The van der Waals surface area contributed by atoms with Gasteiger partial charge in [-0.05, 0) is 62.1 Å². The van der Waals surface area contributed by atoms with Gasteiger partial charge in [0.2, 0.25) is 0 Å². The molecule has 6 nitrogen and oxygen atoms in total. The summed E-state index contributed by atoms with van der Waals surface area (Å²) < 4.78 is 16.9. The van der Waals surface area contributed by atoms with Gasteiger partial charge in [0.1, 0.15) is 19.0 Å². The lowest BCUT2D eigenvalue weighted by atomic mass is 10.1. The quantitative estimate of drug-likeness (QED) is 0.525. The Morgan fingerprint density at radius 2 is 1.65 bits per heavy atom. The summed E-state index contributed by atoms with van der Waals surface area (Å²) >= 11 is 0. The van der Waals surface area contributed by atoms with E-state index in [1.807, 2.05) is 73.6 Å². The molecule has 3 aromatic carbocycles. The Hall–Kier alpha value is -3.51. The second-order valence-corrected chi connectivity index (χ2v) is 7.27. The molecule has 0 radical (unpaired) electrons. The standard InChI is InChI=1S/C25H28N2O4/c1-27(2)15-16-30-23-14-9-20(17-24(23)29-3)25(28)26-21-10-12-22(13-11-21)31-18-19-7-5-4-6-8-19/h4-14,17H,15-16,18H2,1-3H3,(H,26,28). The summed E-state index contributed by atoms with van der Waals surface area (Å²) in [6.45, 7) is 1.82. The third-order valence-electron chi connectivity index (χ3n) is 4.58. The van der Waals surface area contributed by atoms with Gasteiger partial charge in [-0.25, -0.2) is 0 Å². The van der Waals surface area contributed by atoms with Gasteiger partial charge < -0.3 is 24.4 Å². The summed E-state index contributed by atoms with van der Waals surface area (Å²) in [5.74, 6) is 1.65. The lowest BCUT2D eigenvalue weighted by Gasteiger charge is -2.14. The third-order valence-corrected chi connectivity index (χ3v) is 4.58. The number of hydrogen-bond donors (Lipinski definition) is 1. The zero-order valence-electron chi connectivity index (χ0n) is 18.1. The molecule has 0 aliphatic heterocycles. The van der Waals surface area contributed by atoms with Gasteiger partial charge in [-0.15, -0.1) is 0 Å². The van der Waals surface area contributed by atoms with E-state index in [9.17, 15) is 4.79 Å². The number of amides is 1. The van der Waals surface area contributed by atoms with Crippen LogP contribution in [-0.2, 0) is 6.61 Å². The predicted molar refractivity (Wildman–Crippen MR) is 122 cm³/mol. The van der Waals surface area contributed by atoms with Crippen molar-refractivity contribution in [2.45, 2.75) is 6.61 Å².